The molecule has 2 heterocycles. The fourth-order valence-corrected chi connectivity index (χ4v) is 3.35. The fourth-order valence-electron chi connectivity index (χ4n) is 3.35. The Morgan fingerprint density at radius 2 is 2.04 bits per heavy atom. The average molecular weight is 344 g/mol. The molecule has 0 aliphatic carbocycles. The summed E-state index contributed by atoms with van der Waals surface area (Å²) in [5, 5.41) is 6.55. The van der Waals surface area contributed by atoms with Crippen LogP contribution in [0.2, 0.25) is 0 Å². The molecule has 2 aliphatic heterocycles. The molecule has 0 radical (unpaired) electrons. The largest absolute Gasteiger partial charge is 0.376 e. The Balaban J connectivity index is 1.32. The van der Waals surface area contributed by atoms with E-state index in [9.17, 15) is 4.79 Å². The molecule has 1 saturated heterocycles. The van der Waals surface area contributed by atoms with E-state index in [0.717, 1.165) is 58.0 Å². The Morgan fingerprint density at radius 3 is 2.68 bits per heavy atom. The third-order valence-electron chi connectivity index (χ3n) is 4.80. The number of carbonyl (C=O) groups excluding carboxylic acids is 1. The minimum Gasteiger partial charge on any atom is -0.376 e. The van der Waals surface area contributed by atoms with E-state index in [1.807, 2.05) is 17.0 Å². The van der Waals surface area contributed by atoms with Gasteiger partial charge in [0, 0.05) is 46.3 Å². The van der Waals surface area contributed by atoms with Crippen molar-refractivity contribution in [2.24, 2.45) is 4.99 Å². The van der Waals surface area contributed by atoms with Crippen molar-refractivity contribution in [1.82, 2.24) is 15.5 Å². The third kappa shape index (κ3) is 4.95. The molecule has 1 aromatic carbocycles. The quantitative estimate of drug-likeness (QED) is 0.468. The summed E-state index contributed by atoms with van der Waals surface area (Å²) < 4.78 is 5.59. The maximum atomic E-state index is 12.4. The van der Waals surface area contributed by atoms with Gasteiger partial charge in [-0.3, -0.25) is 9.79 Å². The van der Waals surface area contributed by atoms with Crippen LogP contribution in [0.4, 0.5) is 0 Å². The highest BCUT2D eigenvalue weighted by molar-refractivity contribution is 5.80. The maximum absolute atomic E-state index is 12.4. The summed E-state index contributed by atoms with van der Waals surface area (Å²) >= 11 is 0. The van der Waals surface area contributed by atoms with Gasteiger partial charge in [0.05, 0.1) is 6.10 Å². The molecular weight excluding hydrogens is 316 g/mol. The van der Waals surface area contributed by atoms with Crippen LogP contribution >= 0.6 is 0 Å². The lowest BCUT2D eigenvalue weighted by Gasteiger charge is -2.17. The standard InChI is InChI=1S/C19H28N4O2/c1-20-19(22-12-17-8-5-11-25-17)21-10-4-9-18(24)23-13-15-6-2-3-7-16(15)14-23/h2-3,6-7,17H,4-5,8-14H2,1H3,(H2,20,21,22). The second kappa shape index (κ2) is 8.85. The number of fused-ring (bicyclic) bond motifs is 1. The summed E-state index contributed by atoms with van der Waals surface area (Å²) in [5.74, 6) is 0.997. The molecule has 1 atom stereocenters. The number of aliphatic imine (C=N–C) groups is 1. The molecule has 1 aromatic rings. The number of guanidine groups is 1. The molecule has 1 unspecified atom stereocenters. The van der Waals surface area contributed by atoms with Crippen LogP contribution in [0.3, 0.4) is 0 Å². The van der Waals surface area contributed by atoms with Gasteiger partial charge in [0.15, 0.2) is 5.96 Å². The molecule has 0 saturated carbocycles. The van der Waals surface area contributed by atoms with Crippen LogP contribution in [-0.2, 0) is 22.6 Å². The molecule has 136 valence electrons. The van der Waals surface area contributed by atoms with E-state index in [4.69, 9.17) is 4.74 Å². The Bertz CT molecular complexity index is 586. The highest BCUT2D eigenvalue weighted by atomic mass is 16.5. The third-order valence-corrected chi connectivity index (χ3v) is 4.80. The molecule has 1 amide bonds. The topological polar surface area (TPSA) is 66.0 Å². The van der Waals surface area contributed by atoms with Gasteiger partial charge in [0.1, 0.15) is 0 Å². The van der Waals surface area contributed by atoms with Gasteiger partial charge in [0.2, 0.25) is 5.91 Å². The number of nitrogens with one attached hydrogen (secondary N) is 2. The van der Waals surface area contributed by atoms with Gasteiger partial charge in [-0.15, -0.1) is 0 Å². The van der Waals surface area contributed by atoms with Crippen molar-refractivity contribution in [2.45, 2.75) is 44.9 Å². The second-order valence-corrected chi connectivity index (χ2v) is 6.64. The maximum Gasteiger partial charge on any atom is 0.223 e. The molecule has 3 rings (SSSR count). The van der Waals surface area contributed by atoms with E-state index >= 15 is 0 Å². The number of rotatable bonds is 6. The molecule has 0 spiro atoms. The minimum absolute atomic E-state index is 0.223. The molecule has 2 N–H and O–H groups in total. The van der Waals surface area contributed by atoms with Gasteiger partial charge < -0.3 is 20.3 Å². The lowest BCUT2D eigenvalue weighted by atomic mass is 10.1. The van der Waals surface area contributed by atoms with Crippen molar-refractivity contribution in [3.05, 3.63) is 35.4 Å². The number of hydrogen-bond donors (Lipinski definition) is 2. The monoisotopic (exact) mass is 344 g/mol. The first-order valence-electron chi connectivity index (χ1n) is 9.17. The molecule has 6 heteroatoms. The Morgan fingerprint density at radius 1 is 1.28 bits per heavy atom. The van der Waals surface area contributed by atoms with Gasteiger partial charge >= 0.3 is 0 Å². The van der Waals surface area contributed by atoms with Gasteiger partial charge in [-0.05, 0) is 30.4 Å². The molecular formula is C19H28N4O2. The number of nitrogens with zero attached hydrogens (tertiary/aromatic N) is 2. The molecule has 2 aliphatic rings. The lowest BCUT2D eigenvalue weighted by molar-refractivity contribution is -0.131. The molecule has 25 heavy (non-hydrogen) atoms. The summed E-state index contributed by atoms with van der Waals surface area (Å²) in [4.78, 5) is 18.5. The number of amides is 1. The summed E-state index contributed by atoms with van der Waals surface area (Å²) in [6.45, 7) is 3.86. The van der Waals surface area contributed by atoms with Crippen molar-refractivity contribution in [3.63, 3.8) is 0 Å². The van der Waals surface area contributed by atoms with Crippen molar-refractivity contribution in [1.29, 1.82) is 0 Å². The Labute approximate surface area is 149 Å². The SMILES string of the molecule is CN=C(NCCCC(=O)N1Cc2ccccc2C1)NCC1CCCO1. The number of ether oxygens (including phenoxy) is 1. The smallest absolute Gasteiger partial charge is 0.223 e. The Hall–Kier alpha value is -2.08. The van der Waals surface area contributed by atoms with E-state index in [2.05, 4.69) is 27.8 Å². The first-order chi connectivity index (χ1) is 12.3. The van der Waals surface area contributed by atoms with Gasteiger partial charge in [0.25, 0.3) is 0 Å². The molecule has 0 aromatic heterocycles. The van der Waals surface area contributed by atoms with E-state index in [1.54, 1.807) is 7.05 Å². The van der Waals surface area contributed by atoms with Gasteiger partial charge in [-0.2, -0.15) is 0 Å². The normalized spacial score (nSPS) is 19.8. The van der Waals surface area contributed by atoms with E-state index < -0.39 is 0 Å². The first kappa shape index (κ1) is 17.7. The second-order valence-electron chi connectivity index (χ2n) is 6.64. The molecule has 1 fully saturated rings. The molecule has 6 nitrogen and oxygen atoms in total. The zero-order chi connectivity index (χ0) is 17.5. The summed E-state index contributed by atoms with van der Waals surface area (Å²) in [5.41, 5.74) is 2.54. The van der Waals surface area contributed by atoms with Crippen LogP contribution < -0.4 is 10.6 Å². The zero-order valence-electron chi connectivity index (χ0n) is 15.0. The van der Waals surface area contributed by atoms with Gasteiger partial charge in [-0.1, -0.05) is 24.3 Å². The molecule has 0 bridgehead atoms. The van der Waals surface area contributed by atoms with E-state index in [0.29, 0.717) is 6.42 Å². The summed E-state index contributed by atoms with van der Waals surface area (Å²) in [6, 6.07) is 8.28. The predicted octanol–water partition coefficient (Wildman–Crippen LogP) is 1.65. The summed E-state index contributed by atoms with van der Waals surface area (Å²) in [7, 11) is 1.76. The van der Waals surface area contributed by atoms with E-state index in [1.165, 1.54) is 11.1 Å². The van der Waals surface area contributed by atoms with Crippen LogP contribution in [0.25, 0.3) is 0 Å². The minimum atomic E-state index is 0.223. The van der Waals surface area contributed by atoms with Crippen LogP contribution in [0.1, 0.15) is 36.8 Å². The first-order valence-corrected chi connectivity index (χ1v) is 9.17. The van der Waals surface area contributed by atoms with E-state index in [-0.39, 0.29) is 12.0 Å². The number of hydrogen-bond acceptors (Lipinski definition) is 3. The van der Waals surface area contributed by atoms with Crippen LogP contribution in [0.15, 0.2) is 29.3 Å². The average Bonchev–Trinajstić information content (AvgIpc) is 3.30. The summed E-state index contributed by atoms with van der Waals surface area (Å²) in [6.07, 6.45) is 3.89. The fraction of sp³-hybridized carbons (Fsp3) is 0.579. The number of benzene rings is 1. The van der Waals surface area contributed by atoms with Crippen molar-refractivity contribution >= 4 is 11.9 Å². The number of carbonyl (C=O) groups is 1. The van der Waals surface area contributed by atoms with Crippen LogP contribution in [0, 0.1) is 0 Å². The van der Waals surface area contributed by atoms with Crippen molar-refractivity contribution in [3.8, 4) is 0 Å². The highest BCUT2D eigenvalue weighted by Crippen LogP contribution is 2.22. The predicted molar refractivity (Wildman–Crippen MR) is 98.3 cm³/mol. The van der Waals surface area contributed by atoms with Crippen LogP contribution in [0.5, 0.6) is 0 Å². The highest BCUT2D eigenvalue weighted by Gasteiger charge is 2.22. The van der Waals surface area contributed by atoms with Crippen LogP contribution in [-0.4, -0.2) is 49.6 Å². The van der Waals surface area contributed by atoms with Gasteiger partial charge in [-0.25, -0.2) is 0 Å². The van der Waals surface area contributed by atoms with Crippen molar-refractivity contribution < 1.29 is 9.53 Å². The zero-order valence-corrected chi connectivity index (χ0v) is 15.0. The Kier molecular flexibility index (Phi) is 6.28. The lowest BCUT2D eigenvalue weighted by Crippen LogP contribution is -2.41. The van der Waals surface area contributed by atoms with Crippen molar-refractivity contribution in [2.75, 3.05) is 26.7 Å².